The fourth-order valence-corrected chi connectivity index (χ4v) is 8.41. The number of ether oxygens (including phenoxy) is 1. The third-order valence-electron chi connectivity index (χ3n) is 10.9. The molecule has 1 unspecified atom stereocenters. The maximum Gasteiger partial charge on any atom is 0.408 e. The predicted octanol–water partition coefficient (Wildman–Crippen LogP) is 0.0335. The lowest BCUT2D eigenvalue weighted by atomic mass is 9.44. The molecule has 0 aromatic carbocycles. The molecule has 3 saturated carbocycles. The largest absolute Gasteiger partial charge is 0.441 e. The van der Waals surface area contributed by atoms with Gasteiger partial charge in [0.2, 0.25) is 11.7 Å². The van der Waals surface area contributed by atoms with Crippen LogP contribution in [0.3, 0.4) is 0 Å². The molecule has 0 saturated heterocycles. The highest BCUT2D eigenvalue weighted by molar-refractivity contribution is 6.01. The number of amides is 2. The Morgan fingerprint density at radius 1 is 1.06 bits per heavy atom. The van der Waals surface area contributed by atoms with Crippen molar-refractivity contribution in [3.8, 4) is 0 Å². The third-order valence-corrected chi connectivity index (χ3v) is 10.9. The monoisotopic (exact) mass is 704 g/mol. The Hall–Kier alpha value is -2.95. The van der Waals surface area contributed by atoms with Crippen LogP contribution in [0.2, 0.25) is 0 Å². The number of ketones is 2. The van der Waals surface area contributed by atoms with Gasteiger partial charge in [-0.25, -0.2) is 18.9 Å². The van der Waals surface area contributed by atoms with Crippen molar-refractivity contribution in [2.45, 2.75) is 88.4 Å². The van der Waals surface area contributed by atoms with Crippen molar-refractivity contribution in [3.05, 3.63) is 23.8 Å². The number of carbonyl (C=O) groups excluding carboxylic acids is 4. The molecule has 0 spiro atoms. The number of unbranched alkanes of at least 4 members (excludes halogenated alkanes) is 1. The van der Waals surface area contributed by atoms with E-state index in [4.69, 9.17) is 25.6 Å². The molecule has 3 fully saturated rings. The SMILES string of the molecule is C[C@]12C=CC(=O)C=C1CC[C@H]1[C@@H]3C[C@@H](O)[C@](O)(C(=O)COC(=O)NCC(=O)NCCCCC(CON(O)O)ON(O)O)[C@@]3(C)C[C@H](O)[C@@]12F. The summed E-state index contributed by atoms with van der Waals surface area (Å²) in [6, 6.07) is 0. The van der Waals surface area contributed by atoms with Gasteiger partial charge >= 0.3 is 6.09 Å². The lowest BCUT2D eigenvalue weighted by Gasteiger charge is -2.62. The summed E-state index contributed by atoms with van der Waals surface area (Å²) in [5.41, 5.74) is -6.94. The first-order valence-corrected chi connectivity index (χ1v) is 16.0. The fourth-order valence-electron chi connectivity index (χ4n) is 8.41. The average molecular weight is 705 g/mol. The third kappa shape index (κ3) is 7.42. The van der Waals surface area contributed by atoms with E-state index in [-0.39, 0.29) is 38.0 Å². The van der Waals surface area contributed by atoms with Crippen LogP contribution in [-0.4, -0.2) is 126 Å². The fraction of sp³-hybridized carbons (Fsp3) is 0.733. The van der Waals surface area contributed by atoms with E-state index in [2.05, 4.69) is 20.3 Å². The number of alkyl carbamates (subject to hydrolysis) is 1. The number of allylic oxidation sites excluding steroid dienone is 4. The molecule has 2 amide bonds. The molecule has 0 aromatic rings. The van der Waals surface area contributed by atoms with E-state index in [1.807, 2.05) is 0 Å². The van der Waals surface area contributed by atoms with Gasteiger partial charge in [-0.05, 0) is 69.9 Å². The van der Waals surface area contributed by atoms with Crippen molar-refractivity contribution in [1.82, 2.24) is 21.4 Å². The van der Waals surface area contributed by atoms with Crippen molar-refractivity contribution in [1.29, 1.82) is 0 Å². The lowest BCUT2D eigenvalue weighted by molar-refractivity contribution is -0.527. The van der Waals surface area contributed by atoms with Gasteiger partial charge in [-0.2, -0.15) is 0 Å². The molecular weight excluding hydrogens is 659 g/mol. The van der Waals surface area contributed by atoms with Crippen molar-refractivity contribution in [2.75, 3.05) is 26.3 Å². The Labute approximate surface area is 280 Å². The zero-order chi connectivity index (χ0) is 36.4. The smallest absolute Gasteiger partial charge is 0.408 e. The first-order valence-electron chi connectivity index (χ1n) is 16.0. The number of alkyl halides is 1. The highest BCUT2D eigenvalue weighted by atomic mass is 19.1. The molecule has 4 aliphatic rings. The van der Waals surface area contributed by atoms with Gasteiger partial charge < -0.3 is 30.7 Å². The molecule has 0 aromatic heterocycles. The molecule has 0 radical (unpaired) electrons. The number of halogens is 1. The second-order valence-corrected chi connectivity index (χ2v) is 13.5. The molecule has 9 N–H and O–H groups in total. The maximum atomic E-state index is 17.2. The molecule has 276 valence electrons. The van der Waals surface area contributed by atoms with Crippen molar-refractivity contribution < 1.29 is 74.1 Å². The number of aliphatic hydroxyl groups excluding tert-OH is 2. The summed E-state index contributed by atoms with van der Waals surface area (Å²) in [6.07, 6.45) is -0.364. The average Bonchev–Trinajstić information content (AvgIpc) is 3.23. The minimum atomic E-state index is -2.48. The highest BCUT2D eigenvalue weighted by Gasteiger charge is 2.76. The Morgan fingerprint density at radius 3 is 2.45 bits per heavy atom. The number of aliphatic hydroxyl groups is 3. The van der Waals surface area contributed by atoms with Gasteiger partial charge in [0, 0.05) is 23.3 Å². The van der Waals surface area contributed by atoms with E-state index in [1.165, 1.54) is 25.2 Å². The Kier molecular flexibility index (Phi) is 12.0. The van der Waals surface area contributed by atoms with E-state index in [0.29, 0.717) is 24.8 Å². The van der Waals surface area contributed by atoms with Gasteiger partial charge in [0.1, 0.15) is 12.7 Å². The van der Waals surface area contributed by atoms with E-state index >= 15 is 4.39 Å². The maximum absolute atomic E-state index is 17.2. The standard InChI is InChI=1S/C30H45FN4O14/c1-27-9-8-18(36)11-17(27)6-7-20-21-12-22(37)30(42,28(21,2)13-23(38)29(20,27)31)24(39)16-47-26(41)33-14-25(40)32-10-4-3-5-19(49-35(45)46)15-48-34(43)44/h8-9,11,19-23,37-38,42-46H,3-7,10,12-16H2,1-2H3,(H,32,40)(H,33,41)/t19?,20-,21-,22+,23-,27-,28-,29-,30-/m0/s1. The lowest BCUT2D eigenvalue weighted by Crippen LogP contribution is -2.69. The van der Waals surface area contributed by atoms with Gasteiger partial charge in [0.15, 0.2) is 23.7 Å². The van der Waals surface area contributed by atoms with E-state index in [0.717, 1.165) is 0 Å². The van der Waals surface area contributed by atoms with Crippen LogP contribution in [0, 0.1) is 22.7 Å². The predicted molar refractivity (Wildman–Crippen MR) is 158 cm³/mol. The van der Waals surface area contributed by atoms with Gasteiger partial charge in [-0.15, -0.1) is 0 Å². The zero-order valence-electron chi connectivity index (χ0n) is 27.2. The topological polar surface area (TPSA) is 268 Å². The molecular formula is C30H45FN4O14. The normalized spacial score (nSPS) is 35.7. The number of nitrogens with zero attached hydrogens (tertiary/aromatic N) is 2. The van der Waals surface area contributed by atoms with Crippen LogP contribution in [0.1, 0.15) is 58.8 Å². The van der Waals surface area contributed by atoms with Crippen molar-refractivity contribution >= 4 is 23.6 Å². The summed E-state index contributed by atoms with van der Waals surface area (Å²) < 4.78 is 22.2. The zero-order valence-corrected chi connectivity index (χ0v) is 27.2. The van der Waals surface area contributed by atoms with Crippen LogP contribution >= 0.6 is 0 Å². The summed E-state index contributed by atoms with van der Waals surface area (Å²) in [5, 5.41) is 72.5. The summed E-state index contributed by atoms with van der Waals surface area (Å²) in [5.74, 6) is -3.53. The minimum absolute atomic E-state index is 0.137. The van der Waals surface area contributed by atoms with Crippen LogP contribution in [0.4, 0.5) is 9.18 Å². The first kappa shape index (κ1) is 38.8. The quantitative estimate of drug-likeness (QED) is 0.0804. The van der Waals surface area contributed by atoms with Gasteiger partial charge in [0.05, 0.1) is 29.5 Å². The second-order valence-electron chi connectivity index (χ2n) is 13.5. The highest BCUT2D eigenvalue weighted by Crippen LogP contribution is 2.69. The van der Waals surface area contributed by atoms with Crippen molar-refractivity contribution in [2.24, 2.45) is 22.7 Å². The summed E-state index contributed by atoms with van der Waals surface area (Å²) in [4.78, 5) is 58.8. The second kappa shape index (κ2) is 15.1. The first-order chi connectivity index (χ1) is 22.9. The summed E-state index contributed by atoms with van der Waals surface area (Å²) >= 11 is 0. The number of nitrogens with one attached hydrogen (secondary N) is 2. The van der Waals surface area contributed by atoms with E-state index < -0.39 is 101 Å². The van der Waals surface area contributed by atoms with Crippen LogP contribution in [0.15, 0.2) is 23.8 Å². The molecule has 18 nitrogen and oxygen atoms in total. The molecule has 49 heavy (non-hydrogen) atoms. The van der Waals surface area contributed by atoms with E-state index in [1.54, 1.807) is 6.92 Å². The number of rotatable bonds is 15. The molecule has 19 heteroatoms. The molecule has 9 atom stereocenters. The molecule has 4 rings (SSSR count). The number of hydrogen-bond donors (Lipinski definition) is 9. The van der Waals surface area contributed by atoms with Crippen LogP contribution in [0.25, 0.3) is 0 Å². The number of Topliss-reactive ketones (excluding diaryl/α,β-unsaturated/α-hetero) is 1. The number of hydrogen-bond acceptors (Lipinski definition) is 16. The minimum Gasteiger partial charge on any atom is -0.441 e. The Morgan fingerprint density at radius 2 is 1.78 bits per heavy atom. The molecule has 0 aliphatic heterocycles. The number of carbonyl (C=O) groups is 4. The number of fused-ring (bicyclic) bond motifs is 5. The Bertz CT molecular complexity index is 1330. The molecule has 4 aliphatic carbocycles. The van der Waals surface area contributed by atoms with Gasteiger partial charge in [-0.1, -0.05) is 18.6 Å². The van der Waals surface area contributed by atoms with Crippen LogP contribution in [-0.2, 0) is 28.8 Å². The van der Waals surface area contributed by atoms with E-state index in [9.17, 15) is 34.5 Å². The summed E-state index contributed by atoms with van der Waals surface area (Å²) in [7, 11) is 0. The van der Waals surface area contributed by atoms with Crippen LogP contribution < -0.4 is 10.6 Å². The molecule has 0 heterocycles. The van der Waals surface area contributed by atoms with Gasteiger partial charge in [-0.3, -0.25) is 35.2 Å². The molecule has 0 bridgehead atoms. The Balaban J connectivity index is 1.26. The summed E-state index contributed by atoms with van der Waals surface area (Å²) in [6.45, 7) is 1.32. The van der Waals surface area contributed by atoms with Crippen LogP contribution in [0.5, 0.6) is 0 Å². The van der Waals surface area contributed by atoms with Crippen molar-refractivity contribution in [3.63, 3.8) is 0 Å². The van der Waals surface area contributed by atoms with Gasteiger partial charge in [0.25, 0.3) is 0 Å².